The number of hydrogen-bond acceptors (Lipinski definition) is 5. The topological polar surface area (TPSA) is 81.7 Å². The van der Waals surface area contributed by atoms with Crippen molar-refractivity contribution in [3.63, 3.8) is 0 Å². The van der Waals surface area contributed by atoms with Gasteiger partial charge in [0.05, 0.1) is 22.4 Å². The zero-order valence-corrected chi connectivity index (χ0v) is 10.8. The fourth-order valence-corrected chi connectivity index (χ4v) is 1.96. The molecule has 3 rings (SSSR count). The summed E-state index contributed by atoms with van der Waals surface area (Å²) in [5.74, 6) is 0.928. The highest BCUT2D eigenvalue weighted by molar-refractivity contribution is 5.81. The van der Waals surface area contributed by atoms with Gasteiger partial charge in [0.25, 0.3) is 0 Å². The Morgan fingerprint density at radius 2 is 1.84 bits per heavy atom. The van der Waals surface area contributed by atoms with Crippen LogP contribution in [0.2, 0.25) is 0 Å². The van der Waals surface area contributed by atoms with Gasteiger partial charge in [-0.2, -0.15) is 5.10 Å². The van der Waals surface area contributed by atoms with Gasteiger partial charge in [0.1, 0.15) is 0 Å². The van der Waals surface area contributed by atoms with E-state index >= 15 is 0 Å². The number of para-hydroxylation sites is 2. The maximum atomic E-state index is 5.93. The third-order valence-corrected chi connectivity index (χ3v) is 2.86. The Labute approximate surface area is 110 Å². The number of fused-ring (bicyclic) bond motifs is 1. The summed E-state index contributed by atoms with van der Waals surface area (Å²) in [5, 5.41) is 7.44. The lowest BCUT2D eigenvalue weighted by atomic mass is 10.3. The Kier molecular flexibility index (Phi) is 2.56. The monoisotopic (exact) mass is 254 g/mol. The third kappa shape index (κ3) is 2.08. The number of nitrogens with zero attached hydrogens (tertiary/aromatic N) is 4. The lowest BCUT2D eigenvalue weighted by molar-refractivity contribution is 0.756. The highest BCUT2D eigenvalue weighted by Gasteiger charge is 2.09. The van der Waals surface area contributed by atoms with Crippen LogP contribution < -0.4 is 11.1 Å². The fraction of sp³-hybridized carbons (Fsp3) is 0.154. The molecule has 2 aromatic heterocycles. The Morgan fingerprint density at radius 3 is 2.47 bits per heavy atom. The molecule has 3 aromatic rings. The zero-order valence-electron chi connectivity index (χ0n) is 10.8. The lowest BCUT2D eigenvalue weighted by Crippen LogP contribution is -2.02. The molecule has 0 saturated carbocycles. The van der Waals surface area contributed by atoms with Crippen molar-refractivity contribution in [2.75, 3.05) is 11.1 Å². The van der Waals surface area contributed by atoms with E-state index in [2.05, 4.69) is 20.4 Å². The van der Waals surface area contributed by atoms with Crippen LogP contribution in [0.4, 0.5) is 17.3 Å². The largest absolute Gasteiger partial charge is 0.381 e. The van der Waals surface area contributed by atoms with Gasteiger partial charge in [-0.25, -0.2) is 9.97 Å². The van der Waals surface area contributed by atoms with Crippen LogP contribution in [0.15, 0.2) is 30.5 Å². The molecule has 0 bridgehead atoms. The van der Waals surface area contributed by atoms with Gasteiger partial charge in [-0.3, -0.25) is 4.68 Å². The quantitative estimate of drug-likeness (QED) is 0.731. The number of anilines is 3. The van der Waals surface area contributed by atoms with E-state index in [4.69, 9.17) is 5.73 Å². The number of nitrogen functional groups attached to an aromatic ring is 1. The van der Waals surface area contributed by atoms with Gasteiger partial charge in [-0.15, -0.1) is 0 Å². The fourth-order valence-electron chi connectivity index (χ4n) is 1.96. The summed E-state index contributed by atoms with van der Waals surface area (Å²) in [5.41, 5.74) is 9.28. The van der Waals surface area contributed by atoms with Crippen LogP contribution in [0.1, 0.15) is 5.69 Å². The molecule has 3 N–H and O–H groups in total. The second-order valence-corrected chi connectivity index (χ2v) is 4.37. The predicted molar refractivity (Wildman–Crippen MR) is 75.2 cm³/mol. The van der Waals surface area contributed by atoms with E-state index < -0.39 is 0 Å². The van der Waals surface area contributed by atoms with E-state index in [0.29, 0.717) is 11.6 Å². The predicted octanol–water partition coefficient (Wildman–Crippen LogP) is 2.00. The van der Waals surface area contributed by atoms with Crippen LogP contribution in [-0.2, 0) is 7.05 Å². The van der Waals surface area contributed by atoms with Gasteiger partial charge in [0, 0.05) is 13.2 Å². The second kappa shape index (κ2) is 4.24. The number of aromatic nitrogens is 4. The van der Waals surface area contributed by atoms with Crippen molar-refractivity contribution in [3.05, 3.63) is 36.2 Å². The number of benzene rings is 1. The number of nitrogens with one attached hydrogen (secondary N) is 1. The van der Waals surface area contributed by atoms with Crippen molar-refractivity contribution in [2.45, 2.75) is 6.92 Å². The molecule has 6 heteroatoms. The molecule has 96 valence electrons. The second-order valence-electron chi connectivity index (χ2n) is 4.37. The summed E-state index contributed by atoms with van der Waals surface area (Å²) >= 11 is 0. The molecule has 2 heterocycles. The molecule has 0 aliphatic rings. The molecular formula is C13H14N6. The van der Waals surface area contributed by atoms with E-state index in [9.17, 15) is 0 Å². The summed E-state index contributed by atoms with van der Waals surface area (Å²) in [4.78, 5) is 8.82. The molecule has 19 heavy (non-hydrogen) atoms. The molecule has 1 aromatic carbocycles. The van der Waals surface area contributed by atoms with Crippen molar-refractivity contribution >= 4 is 28.4 Å². The zero-order chi connectivity index (χ0) is 13.4. The van der Waals surface area contributed by atoms with E-state index in [1.165, 1.54) is 0 Å². The average molecular weight is 254 g/mol. The third-order valence-electron chi connectivity index (χ3n) is 2.86. The molecule has 0 radical (unpaired) electrons. The minimum atomic E-state index is 0.377. The first-order chi connectivity index (χ1) is 9.13. The molecule has 0 fully saturated rings. The summed E-state index contributed by atoms with van der Waals surface area (Å²) in [7, 11) is 1.87. The Balaban J connectivity index is 2.05. The highest BCUT2D eigenvalue weighted by Crippen LogP contribution is 2.23. The van der Waals surface area contributed by atoms with Crippen LogP contribution in [-0.4, -0.2) is 19.7 Å². The van der Waals surface area contributed by atoms with Gasteiger partial charge in [-0.1, -0.05) is 12.1 Å². The van der Waals surface area contributed by atoms with Crippen molar-refractivity contribution in [3.8, 4) is 0 Å². The summed E-state index contributed by atoms with van der Waals surface area (Å²) in [6.07, 6.45) is 1.88. The van der Waals surface area contributed by atoms with Crippen LogP contribution in [0.5, 0.6) is 0 Å². The standard InChI is InChI=1S/C13H14N6/c1-8-11(7-19(2)18-8)17-13-12(14)15-9-5-3-4-6-10(9)16-13/h3-7H,1-2H3,(H2,14,15)(H,16,17). The maximum absolute atomic E-state index is 5.93. The molecule has 0 aliphatic carbocycles. The Hall–Kier alpha value is -2.63. The molecule has 0 amide bonds. The molecule has 0 aliphatic heterocycles. The van der Waals surface area contributed by atoms with E-state index in [0.717, 1.165) is 22.4 Å². The summed E-state index contributed by atoms with van der Waals surface area (Å²) in [6.45, 7) is 1.92. The lowest BCUT2D eigenvalue weighted by Gasteiger charge is -2.07. The van der Waals surface area contributed by atoms with E-state index in [-0.39, 0.29) is 0 Å². The molecule has 0 spiro atoms. The van der Waals surface area contributed by atoms with Gasteiger partial charge in [-0.05, 0) is 19.1 Å². The number of nitrogens with two attached hydrogens (primary N) is 1. The number of hydrogen-bond donors (Lipinski definition) is 2. The SMILES string of the molecule is Cc1nn(C)cc1Nc1nc2ccccc2nc1N. The van der Waals surface area contributed by atoms with E-state index in [1.54, 1.807) is 4.68 Å². The minimum Gasteiger partial charge on any atom is -0.381 e. The summed E-state index contributed by atoms with van der Waals surface area (Å²) in [6, 6.07) is 7.63. The molecule has 6 nitrogen and oxygen atoms in total. The Morgan fingerprint density at radius 1 is 1.16 bits per heavy atom. The van der Waals surface area contributed by atoms with Crippen LogP contribution in [0, 0.1) is 6.92 Å². The Bertz CT molecular complexity index is 746. The van der Waals surface area contributed by atoms with E-state index in [1.807, 2.05) is 44.4 Å². The van der Waals surface area contributed by atoms with Crippen molar-refractivity contribution in [1.29, 1.82) is 0 Å². The summed E-state index contributed by atoms with van der Waals surface area (Å²) < 4.78 is 1.74. The van der Waals surface area contributed by atoms with Gasteiger partial charge < -0.3 is 11.1 Å². The normalized spacial score (nSPS) is 10.8. The van der Waals surface area contributed by atoms with Crippen molar-refractivity contribution in [1.82, 2.24) is 19.7 Å². The molecular weight excluding hydrogens is 240 g/mol. The van der Waals surface area contributed by atoms with Crippen molar-refractivity contribution < 1.29 is 0 Å². The van der Waals surface area contributed by atoms with Crippen LogP contribution >= 0.6 is 0 Å². The maximum Gasteiger partial charge on any atom is 0.174 e. The van der Waals surface area contributed by atoms with Crippen LogP contribution in [0.25, 0.3) is 11.0 Å². The van der Waals surface area contributed by atoms with Gasteiger partial charge >= 0.3 is 0 Å². The molecule has 0 saturated heterocycles. The first-order valence-electron chi connectivity index (χ1n) is 5.93. The number of rotatable bonds is 2. The van der Waals surface area contributed by atoms with Gasteiger partial charge in [0.15, 0.2) is 11.6 Å². The number of aryl methyl sites for hydroxylation is 2. The van der Waals surface area contributed by atoms with Crippen molar-refractivity contribution in [2.24, 2.45) is 7.05 Å². The minimum absolute atomic E-state index is 0.377. The smallest absolute Gasteiger partial charge is 0.174 e. The first kappa shape index (κ1) is 11.5. The molecule has 0 atom stereocenters. The average Bonchev–Trinajstić information content (AvgIpc) is 2.69. The van der Waals surface area contributed by atoms with Gasteiger partial charge in [0.2, 0.25) is 0 Å². The van der Waals surface area contributed by atoms with Crippen LogP contribution in [0.3, 0.4) is 0 Å². The highest BCUT2D eigenvalue weighted by atomic mass is 15.3. The molecule has 0 unspecified atom stereocenters. The first-order valence-corrected chi connectivity index (χ1v) is 5.93.